The molecule has 2 rings (SSSR count). The van der Waals surface area contributed by atoms with E-state index in [9.17, 15) is 0 Å². The molecule has 0 aliphatic rings. The van der Waals surface area contributed by atoms with E-state index >= 15 is 0 Å². The quantitative estimate of drug-likeness (QED) is 0.825. The smallest absolute Gasteiger partial charge is 0.152 e. The number of aryl methyl sites for hydroxylation is 1. The van der Waals surface area contributed by atoms with E-state index < -0.39 is 0 Å². The van der Waals surface area contributed by atoms with Gasteiger partial charge in [-0.1, -0.05) is 6.92 Å². The largest absolute Gasteiger partial charge is 0.396 e. The summed E-state index contributed by atoms with van der Waals surface area (Å²) in [6, 6.07) is 2.25. The Hall–Kier alpha value is -1.62. The average molecular weight is 234 g/mol. The fourth-order valence-electron chi connectivity index (χ4n) is 1.88. The molecule has 0 amide bonds. The topological polar surface area (TPSA) is 62.5 Å². The van der Waals surface area contributed by atoms with E-state index in [1.54, 1.807) is 6.20 Å². The van der Waals surface area contributed by atoms with Crippen LogP contribution in [0.2, 0.25) is 0 Å². The van der Waals surface area contributed by atoms with Crippen molar-refractivity contribution >= 4 is 11.3 Å². The van der Waals surface area contributed by atoms with E-state index in [1.807, 2.05) is 23.7 Å². The van der Waals surface area contributed by atoms with Crippen LogP contribution in [0.25, 0.3) is 5.52 Å². The van der Waals surface area contributed by atoms with Crippen LogP contribution in [0.4, 0.5) is 5.82 Å². The number of aliphatic hydroxyl groups is 1. The van der Waals surface area contributed by atoms with E-state index in [4.69, 9.17) is 5.11 Å². The Balaban J connectivity index is 2.28. The number of nitrogens with one attached hydrogen (secondary N) is 1. The lowest BCUT2D eigenvalue weighted by Gasteiger charge is -2.16. The second kappa shape index (κ2) is 5.14. The molecule has 0 aliphatic heterocycles. The Morgan fingerprint density at radius 1 is 1.53 bits per heavy atom. The number of fused-ring (bicyclic) bond motifs is 1. The van der Waals surface area contributed by atoms with Crippen LogP contribution in [0.1, 0.15) is 25.5 Å². The molecule has 1 unspecified atom stereocenters. The van der Waals surface area contributed by atoms with Gasteiger partial charge in [-0.2, -0.15) is 5.10 Å². The molecule has 2 heterocycles. The van der Waals surface area contributed by atoms with Crippen molar-refractivity contribution in [1.29, 1.82) is 0 Å². The fourth-order valence-corrected chi connectivity index (χ4v) is 1.88. The zero-order valence-electron chi connectivity index (χ0n) is 10.2. The maximum atomic E-state index is 8.99. The summed E-state index contributed by atoms with van der Waals surface area (Å²) in [4.78, 5) is 4.34. The first-order valence-electron chi connectivity index (χ1n) is 5.93. The molecule has 0 aromatic carbocycles. The van der Waals surface area contributed by atoms with Crippen molar-refractivity contribution in [3.8, 4) is 0 Å². The molecule has 5 heteroatoms. The van der Waals surface area contributed by atoms with Crippen LogP contribution in [-0.4, -0.2) is 32.4 Å². The van der Waals surface area contributed by atoms with E-state index in [1.165, 1.54) is 0 Å². The Labute approximate surface area is 100 Å². The number of nitrogens with zero attached hydrogens (tertiary/aromatic N) is 3. The molecule has 2 aromatic rings. The standard InChI is InChI=1S/C12H18N4O/c1-3-10(4-7-17)14-12-11-8-9(2)15-16(11)6-5-13-12/h5-6,8,10,17H,3-4,7H2,1-2H3,(H,13,14). The molecule has 2 N–H and O–H groups in total. The SMILES string of the molecule is CCC(CCO)Nc1nccn2nc(C)cc12. The van der Waals surface area contributed by atoms with Gasteiger partial charge in [-0.15, -0.1) is 0 Å². The van der Waals surface area contributed by atoms with Gasteiger partial charge < -0.3 is 10.4 Å². The third-order valence-electron chi connectivity index (χ3n) is 2.82. The molecule has 0 bridgehead atoms. The summed E-state index contributed by atoms with van der Waals surface area (Å²) in [5.41, 5.74) is 1.94. The number of hydrogen-bond acceptors (Lipinski definition) is 4. The number of anilines is 1. The molecule has 0 radical (unpaired) electrons. The van der Waals surface area contributed by atoms with Gasteiger partial charge in [0.05, 0.1) is 5.69 Å². The monoisotopic (exact) mass is 234 g/mol. The average Bonchev–Trinajstić information content (AvgIpc) is 2.70. The van der Waals surface area contributed by atoms with Crippen LogP contribution < -0.4 is 5.32 Å². The molecule has 5 nitrogen and oxygen atoms in total. The second-order valence-electron chi connectivity index (χ2n) is 4.15. The zero-order valence-corrected chi connectivity index (χ0v) is 10.2. The number of aliphatic hydroxyl groups excluding tert-OH is 1. The van der Waals surface area contributed by atoms with E-state index in [0.717, 1.165) is 29.9 Å². The van der Waals surface area contributed by atoms with Gasteiger partial charge in [-0.3, -0.25) is 0 Å². The van der Waals surface area contributed by atoms with Gasteiger partial charge >= 0.3 is 0 Å². The van der Waals surface area contributed by atoms with Crippen molar-refractivity contribution in [1.82, 2.24) is 14.6 Å². The first kappa shape index (κ1) is 11.9. The lowest BCUT2D eigenvalue weighted by molar-refractivity contribution is 0.278. The van der Waals surface area contributed by atoms with Crippen molar-refractivity contribution in [2.45, 2.75) is 32.7 Å². The highest BCUT2D eigenvalue weighted by molar-refractivity contribution is 5.67. The van der Waals surface area contributed by atoms with Crippen LogP contribution in [0, 0.1) is 6.92 Å². The maximum Gasteiger partial charge on any atom is 0.152 e. The first-order valence-corrected chi connectivity index (χ1v) is 5.93. The molecule has 0 spiro atoms. The van der Waals surface area contributed by atoms with Gasteiger partial charge in [-0.25, -0.2) is 9.50 Å². The minimum Gasteiger partial charge on any atom is -0.396 e. The molecule has 92 valence electrons. The Morgan fingerprint density at radius 2 is 2.35 bits per heavy atom. The highest BCUT2D eigenvalue weighted by atomic mass is 16.3. The van der Waals surface area contributed by atoms with Crippen LogP contribution in [0.15, 0.2) is 18.5 Å². The van der Waals surface area contributed by atoms with Crippen LogP contribution in [0.3, 0.4) is 0 Å². The van der Waals surface area contributed by atoms with Gasteiger partial charge in [0.25, 0.3) is 0 Å². The minimum absolute atomic E-state index is 0.187. The Morgan fingerprint density at radius 3 is 3.06 bits per heavy atom. The van der Waals surface area contributed by atoms with Gasteiger partial charge in [-0.05, 0) is 25.8 Å². The number of aromatic nitrogens is 3. The molecule has 0 aliphatic carbocycles. The first-order chi connectivity index (χ1) is 8.24. The summed E-state index contributed by atoms with van der Waals surface area (Å²) < 4.78 is 1.82. The Bertz CT molecular complexity index is 494. The lowest BCUT2D eigenvalue weighted by Crippen LogP contribution is -2.20. The predicted octanol–water partition coefficient (Wildman–Crippen LogP) is 1.61. The summed E-state index contributed by atoms with van der Waals surface area (Å²) in [7, 11) is 0. The zero-order chi connectivity index (χ0) is 12.3. The van der Waals surface area contributed by atoms with Crippen LogP contribution in [0.5, 0.6) is 0 Å². The van der Waals surface area contributed by atoms with Gasteiger partial charge in [0.15, 0.2) is 5.82 Å². The lowest BCUT2D eigenvalue weighted by atomic mass is 10.1. The van der Waals surface area contributed by atoms with Crippen LogP contribution in [-0.2, 0) is 0 Å². The van der Waals surface area contributed by atoms with E-state index in [-0.39, 0.29) is 12.6 Å². The molecule has 0 saturated carbocycles. The summed E-state index contributed by atoms with van der Waals surface area (Å²) in [6.07, 6.45) is 5.25. The summed E-state index contributed by atoms with van der Waals surface area (Å²) in [5, 5.41) is 16.7. The third-order valence-corrected chi connectivity index (χ3v) is 2.82. The van der Waals surface area contributed by atoms with Crippen molar-refractivity contribution in [3.63, 3.8) is 0 Å². The number of rotatable bonds is 5. The van der Waals surface area contributed by atoms with E-state index in [2.05, 4.69) is 22.3 Å². The second-order valence-corrected chi connectivity index (χ2v) is 4.15. The van der Waals surface area contributed by atoms with Gasteiger partial charge in [0, 0.05) is 25.0 Å². The molecule has 2 aromatic heterocycles. The van der Waals surface area contributed by atoms with Crippen molar-refractivity contribution < 1.29 is 5.11 Å². The normalized spacial score (nSPS) is 12.9. The number of hydrogen-bond donors (Lipinski definition) is 2. The molecule has 17 heavy (non-hydrogen) atoms. The molecule has 1 atom stereocenters. The molecule has 0 saturated heterocycles. The summed E-state index contributed by atoms with van der Waals surface area (Å²) in [5.74, 6) is 0.827. The van der Waals surface area contributed by atoms with Crippen molar-refractivity contribution in [2.75, 3.05) is 11.9 Å². The minimum atomic E-state index is 0.187. The molecular weight excluding hydrogens is 216 g/mol. The Kier molecular flexibility index (Phi) is 3.58. The maximum absolute atomic E-state index is 8.99. The highest BCUT2D eigenvalue weighted by Gasteiger charge is 2.10. The fraction of sp³-hybridized carbons (Fsp3) is 0.500. The highest BCUT2D eigenvalue weighted by Crippen LogP contribution is 2.17. The van der Waals surface area contributed by atoms with Crippen molar-refractivity contribution in [3.05, 3.63) is 24.2 Å². The third kappa shape index (κ3) is 2.55. The van der Waals surface area contributed by atoms with Crippen molar-refractivity contribution in [2.24, 2.45) is 0 Å². The predicted molar refractivity (Wildman–Crippen MR) is 67.1 cm³/mol. The summed E-state index contributed by atoms with van der Waals surface area (Å²) in [6.45, 7) is 4.24. The molecular formula is C12H18N4O. The molecule has 0 fully saturated rings. The summed E-state index contributed by atoms with van der Waals surface area (Å²) >= 11 is 0. The van der Waals surface area contributed by atoms with Gasteiger partial charge in [0.1, 0.15) is 5.52 Å². The van der Waals surface area contributed by atoms with Gasteiger partial charge in [0.2, 0.25) is 0 Å². The van der Waals surface area contributed by atoms with Crippen LogP contribution >= 0.6 is 0 Å². The van der Waals surface area contributed by atoms with E-state index in [0.29, 0.717) is 0 Å².